The normalized spacial score (nSPS) is 29.1. The van der Waals surface area contributed by atoms with Crippen LogP contribution in [0, 0.1) is 0 Å². The fraction of sp³-hybridized carbons (Fsp3) is 0.750. The first-order valence-electron chi connectivity index (χ1n) is 5.72. The quantitative estimate of drug-likeness (QED) is 0.479. The Balaban J connectivity index is 2.82. The van der Waals surface area contributed by atoms with Gasteiger partial charge in [-0.3, -0.25) is 5.32 Å². The molecule has 0 aromatic rings. The van der Waals surface area contributed by atoms with E-state index in [1.54, 1.807) is 32.9 Å². The van der Waals surface area contributed by atoms with Crippen molar-refractivity contribution >= 4 is 5.97 Å². The molecule has 0 fully saturated rings. The Bertz CT molecular complexity index is 308. The van der Waals surface area contributed by atoms with Crippen LogP contribution in [0.4, 0.5) is 0 Å². The topological polar surface area (TPSA) is 78.8 Å². The Kier molecular flexibility index (Phi) is 4.30. The molecule has 1 aliphatic heterocycles. The highest BCUT2D eigenvalue weighted by atomic mass is 16.6. The van der Waals surface area contributed by atoms with Gasteiger partial charge in [0.1, 0.15) is 11.1 Å². The monoisotopic (exact) mass is 243 g/mol. The smallest absolute Gasteiger partial charge is 0.329 e. The molecule has 2 atom stereocenters. The largest absolute Gasteiger partial charge is 0.459 e. The van der Waals surface area contributed by atoms with Crippen LogP contribution in [-0.2, 0) is 9.53 Å². The van der Waals surface area contributed by atoms with Gasteiger partial charge in [0.05, 0.1) is 13.2 Å². The first-order valence-corrected chi connectivity index (χ1v) is 5.72. The highest BCUT2D eigenvalue weighted by Crippen LogP contribution is 2.22. The minimum atomic E-state index is -1.14. The Morgan fingerprint density at radius 1 is 1.53 bits per heavy atom. The zero-order valence-electron chi connectivity index (χ0n) is 10.6. The van der Waals surface area contributed by atoms with Crippen LogP contribution >= 0.6 is 0 Å². The van der Waals surface area contributed by atoms with Gasteiger partial charge >= 0.3 is 5.97 Å². The van der Waals surface area contributed by atoms with Gasteiger partial charge in [-0.2, -0.15) is 0 Å². The molecule has 1 aliphatic rings. The van der Waals surface area contributed by atoms with Crippen molar-refractivity contribution in [1.29, 1.82) is 0 Å². The third kappa shape index (κ3) is 3.52. The SMILES string of the molecule is CC(C)(C)OC(=O)[C@]1(CO)CC=C[C@@H](CO)N1. The Labute approximate surface area is 101 Å². The molecule has 0 unspecified atom stereocenters. The van der Waals surface area contributed by atoms with Crippen molar-refractivity contribution in [2.75, 3.05) is 13.2 Å². The van der Waals surface area contributed by atoms with Gasteiger partial charge in [0.25, 0.3) is 0 Å². The van der Waals surface area contributed by atoms with E-state index in [1.807, 2.05) is 0 Å². The number of esters is 1. The summed E-state index contributed by atoms with van der Waals surface area (Å²) >= 11 is 0. The molecule has 1 rings (SSSR count). The number of aliphatic hydroxyl groups excluding tert-OH is 2. The number of hydrogen-bond donors (Lipinski definition) is 3. The van der Waals surface area contributed by atoms with E-state index in [0.717, 1.165) is 0 Å². The number of rotatable bonds is 3. The lowest BCUT2D eigenvalue weighted by molar-refractivity contribution is -0.165. The van der Waals surface area contributed by atoms with Crippen molar-refractivity contribution in [2.24, 2.45) is 0 Å². The summed E-state index contributed by atoms with van der Waals surface area (Å²) in [5.41, 5.74) is -1.74. The van der Waals surface area contributed by atoms with Crippen LogP contribution < -0.4 is 5.32 Å². The summed E-state index contributed by atoms with van der Waals surface area (Å²) in [7, 11) is 0. The maximum atomic E-state index is 12.1. The molecule has 0 aromatic heterocycles. The van der Waals surface area contributed by atoms with E-state index in [0.29, 0.717) is 6.42 Å². The molecule has 0 radical (unpaired) electrons. The van der Waals surface area contributed by atoms with Crippen molar-refractivity contribution < 1.29 is 19.7 Å². The molecule has 1 heterocycles. The van der Waals surface area contributed by atoms with E-state index in [1.165, 1.54) is 0 Å². The fourth-order valence-electron chi connectivity index (χ4n) is 1.69. The molecule has 0 aromatic carbocycles. The second-order valence-corrected chi connectivity index (χ2v) is 5.31. The molecule has 0 bridgehead atoms. The minimum absolute atomic E-state index is 0.124. The molecule has 3 N–H and O–H groups in total. The molecule has 5 nitrogen and oxygen atoms in total. The summed E-state index contributed by atoms with van der Waals surface area (Å²) < 4.78 is 5.29. The average molecular weight is 243 g/mol. The van der Waals surface area contributed by atoms with Gasteiger partial charge in [-0.15, -0.1) is 0 Å². The number of carbonyl (C=O) groups is 1. The van der Waals surface area contributed by atoms with Crippen LogP contribution in [0.5, 0.6) is 0 Å². The van der Waals surface area contributed by atoms with E-state index in [4.69, 9.17) is 9.84 Å². The van der Waals surface area contributed by atoms with E-state index >= 15 is 0 Å². The van der Waals surface area contributed by atoms with Crippen molar-refractivity contribution in [2.45, 2.75) is 44.4 Å². The zero-order valence-corrected chi connectivity index (χ0v) is 10.6. The third-order valence-corrected chi connectivity index (χ3v) is 2.55. The van der Waals surface area contributed by atoms with Crippen LogP contribution in [0.1, 0.15) is 27.2 Å². The molecule has 17 heavy (non-hydrogen) atoms. The summed E-state index contributed by atoms with van der Waals surface area (Å²) in [6.07, 6.45) is 3.91. The van der Waals surface area contributed by atoms with Gasteiger partial charge in [0.15, 0.2) is 0 Å². The zero-order chi connectivity index (χ0) is 13.1. The van der Waals surface area contributed by atoms with E-state index in [-0.39, 0.29) is 19.3 Å². The maximum absolute atomic E-state index is 12.1. The highest BCUT2D eigenvalue weighted by molar-refractivity contribution is 5.82. The van der Waals surface area contributed by atoms with Crippen LogP contribution in [-0.4, -0.2) is 46.6 Å². The number of aliphatic hydroxyl groups is 2. The number of carbonyl (C=O) groups excluding carboxylic acids is 1. The molecule has 0 saturated carbocycles. The lowest BCUT2D eigenvalue weighted by atomic mass is 9.90. The van der Waals surface area contributed by atoms with E-state index in [9.17, 15) is 9.90 Å². The average Bonchev–Trinajstić information content (AvgIpc) is 2.26. The predicted octanol–water partition coefficient (Wildman–Crippen LogP) is -0.0304. The van der Waals surface area contributed by atoms with Gasteiger partial charge in [-0.1, -0.05) is 12.2 Å². The fourth-order valence-corrected chi connectivity index (χ4v) is 1.69. The summed E-state index contributed by atoms with van der Waals surface area (Å²) in [5.74, 6) is -0.490. The standard InChI is InChI=1S/C12H21NO4/c1-11(2,3)17-10(16)12(8-15)6-4-5-9(7-14)13-12/h4-5,9,13-15H,6-8H2,1-3H3/t9-,12+/m0/s1. The van der Waals surface area contributed by atoms with Crippen LogP contribution in [0.25, 0.3) is 0 Å². The molecule has 0 spiro atoms. The molecular weight excluding hydrogens is 222 g/mol. The number of nitrogens with one attached hydrogen (secondary N) is 1. The number of ether oxygens (including phenoxy) is 1. The Morgan fingerprint density at radius 2 is 2.18 bits per heavy atom. The second-order valence-electron chi connectivity index (χ2n) is 5.31. The van der Waals surface area contributed by atoms with E-state index in [2.05, 4.69) is 5.32 Å². The first-order chi connectivity index (χ1) is 7.83. The lowest BCUT2D eigenvalue weighted by Gasteiger charge is -2.37. The van der Waals surface area contributed by atoms with Crippen molar-refractivity contribution in [3.8, 4) is 0 Å². The summed E-state index contributed by atoms with van der Waals surface area (Å²) in [6.45, 7) is 4.85. The van der Waals surface area contributed by atoms with Gasteiger partial charge in [0.2, 0.25) is 0 Å². The molecular formula is C12H21NO4. The maximum Gasteiger partial charge on any atom is 0.329 e. The third-order valence-electron chi connectivity index (χ3n) is 2.55. The van der Waals surface area contributed by atoms with Crippen molar-refractivity contribution in [1.82, 2.24) is 5.32 Å². The first kappa shape index (κ1) is 14.2. The van der Waals surface area contributed by atoms with Crippen LogP contribution in [0.2, 0.25) is 0 Å². The highest BCUT2D eigenvalue weighted by Gasteiger charge is 2.43. The Morgan fingerprint density at radius 3 is 2.65 bits per heavy atom. The van der Waals surface area contributed by atoms with Gasteiger partial charge < -0.3 is 14.9 Å². The molecule has 5 heteroatoms. The number of hydrogen-bond acceptors (Lipinski definition) is 5. The molecule has 0 amide bonds. The Hall–Kier alpha value is -0.910. The summed E-state index contributed by atoms with van der Waals surface area (Å²) in [5, 5.41) is 21.5. The second kappa shape index (κ2) is 5.16. The van der Waals surface area contributed by atoms with Gasteiger partial charge in [0, 0.05) is 6.04 Å². The lowest BCUT2D eigenvalue weighted by Crippen LogP contribution is -2.61. The van der Waals surface area contributed by atoms with Crippen LogP contribution in [0.3, 0.4) is 0 Å². The molecule has 98 valence electrons. The molecule has 0 aliphatic carbocycles. The molecule has 0 saturated heterocycles. The minimum Gasteiger partial charge on any atom is -0.459 e. The predicted molar refractivity (Wildman–Crippen MR) is 63.4 cm³/mol. The van der Waals surface area contributed by atoms with E-state index < -0.39 is 17.1 Å². The van der Waals surface area contributed by atoms with Gasteiger partial charge in [-0.25, -0.2) is 4.79 Å². The van der Waals surface area contributed by atoms with Gasteiger partial charge in [-0.05, 0) is 27.2 Å². The van der Waals surface area contributed by atoms with Crippen molar-refractivity contribution in [3.63, 3.8) is 0 Å². The summed E-state index contributed by atoms with van der Waals surface area (Å²) in [6, 6.07) is -0.330. The van der Waals surface area contributed by atoms with Crippen molar-refractivity contribution in [3.05, 3.63) is 12.2 Å². The van der Waals surface area contributed by atoms with Crippen LogP contribution in [0.15, 0.2) is 12.2 Å². The summed E-state index contributed by atoms with van der Waals surface area (Å²) in [4.78, 5) is 12.1.